The van der Waals surface area contributed by atoms with Gasteiger partial charge in [0.15, 0.2) is 12.4 Å². The van der Waals surface area contributed by atoms with E-state index >= 15 is 0 Å². The Morgan fingerprint density at radius 2 is 1.77 bits per heavy atom. The largest absolute Gasteiger partial charge is 0.480 e. The molecule has 0 spiro atoms. The van der Waals surface area contributed by atoms with Crippen molar-refractivity contribution in [2.24, 2.45) is 28.6 Å². The summed E-state index contributed by atoms with van der Waals surface area (Å²) in [5.74, 6) is -3.07. The number of carboxylic acids is 1. The predicted molar refractivity (Wildman–Crippen MR) is 158 cm³/mol. The molecule has 5 rings (SSSR count). The molecule has 0 aliphatic heterocycles. The number of fused-ring (bicyclic) bond motifs is 5. The monoisotopic (exact) mass is 609 g/mol. The van der Waals surface area contributed by atoms with Gasteiger partial charge in [0.05, 0.1) is 12.5 Å². The van der Waals surface area contributed by atoms with E-state index in [1.54, 1.807) is 36.4 Å². The van der Waals surface area contributed by atoms with Gasteiger partial charge in [-0.15, -0.1) is 0 Å². The number of Topliss-reactive ketones (excluding diaryl/α,β-unsaturated/α-hetero) is 1. The Bertz CT molecular complexity index is 1360. The van der Waals surface area contributed by atoms with Crippen LogP contribution in [-0.4, -0.2) is 69.1 Å². The molecule has 8 atom stereocenters. The highest BCUT2D eigenvalue weighted by Crippen LogP contribution is 2.67. The number of carbonyl (C=O) groups is 5. The third-order valence-corrected chi connectivity index (χ3v) is 11.3. The van der Waals surface area contributed by atoms with E-state index in [-0.39, 0.29) is 61.1 Å². The van der Waals surface area contributed by atoms with Crippen molar-refractivity contribution in [3.63, 3.8) is 0 Å². The Kier molecular flexibility index (Phi) is 8.88. The minimum Gasteiger partial charge on any atom is -0.480 e. The number of ketones is 2. The molecule has 4 aliphatic rings. The minimum atomic E-state index is -1.77. The van der Waals surface area contributed by atoms with Gasteiger partial charge in [0.25, 0.3) is 0 Å². The highest BCUT2D eigenvalue weighted by atomic mass is 16.5. The molecule has 3 fully saturated rings. The van der Waals surface area contributed by atoms with E-state index in [0.717, 1.165) is 24.0 Å². The van der Waals surface area contributed by atoms with Crippen LogP contribution < -0.4 is 5.32 Å². The van der Waals surface area contributed by atoms with Gasteiger partial charge in [-0.2, -0.15) is 0 Å². The van der Waals surface area contributed by atoms with E-state index in [1.165, 1.54) is 0 Å². The maximum absolute atomic E-state index is 13.5. The summed E-state index contributed by atoms with van der Waals surface area (Å²) >= 11 is 0. The molecule has 4 aliphatic carbocycles. The Hall–Kier alpha value is -3.37. The Morgan fingerprint density at radius 3 is 2.48 bits per heavy atom. The summed E-state index contributed by atoms with van der Waals surface area (Å²) in [7, 11) is 0. The van der Waals surface area contributed by atoms with Crippen LogP contribution in [0.2, 0.25) is 0 Å². The van der Waals surface area contributed by atoms with Crippen LogP contribution in [-0.2, 0) is 35.1 Å². The number of amides is 1. The number of allylic oxidation sites excluding steroid dienone is 1. The first-order valence-corrected chi connectivity index (χ1v) is 15.7. The van der Waals surface area contributed by atoms with E-state index in [1.807, 2.05) is 6.92 Å². The molecule has 0 bridgehead atoms. The topological polar surface area (TPSA) is 167 Å². The summed E-state index contributed by atoms with van der Waals surface area (Å²) in [4.78, 5) is 62.1. The summed E-state index contributed by atoms with van der Waals surface area (Å²) in [6.07, 6.45) is 4.20. The van der Waals surface area contributed by atoms with Crippen LogP contribution in [0.4, 0.5) is 0 Å². The average Bonchev–Trinajstić information content (AvgIpc) is 3.25. The van der Waals surface area contributed by atoms with Gasteiger partial charge in [0.1, 0.15) is 11.6 Å². The van der Waals surface area contributed by atoms with Crippen LogP contribution in [0, 0.1) is 28.6 Å². The van der Waals surface area contributed by atoms with Gasteiger partial charge in [-0.25, -0.2) is 4.79 Å². The van der Waals surface area contributed by atoms with Crippen molar-refractivity contribution in [2.75, 3.05) is 6.61 Å². The van der Waals surface area contributed by atoms with Gasteiger partial charge >= 0.3 is 11.9 Å². The number of carboxylic acid groups (broad SMARTS) is 1. The number of benzene rings is 1. The molecular weight excluding hydrogens is 566 g/mol. The molecule has 0 unspecified atom stereocenters. The number of aliphatic hydroxyl groups is 2. The maximum Gasteiger partial charge on any atom is 0.326 e. The van der Waals surface area contributed by atoms with Crippen molar-refractivity contribution in [3.8, 4) is 0 Å². The highest BCUT2D eigenvalue weighted by Gasteiger charge is 2.68. The lowest BCUT2D eigenvalue weighted by molar-refractivity contribution is -0.184. The molecule has 10 heteroatoms. The standard InChI is InChI=1S/C34H43NO9/c1-32-14-12-22(36)17-21(32)8-9-23-24-13-15-34(43,33(24,2)18-26(37)30(23)32)27(38)19-44-29(40)11-10-28(39)35-25(31(41)42)16-20-6-4-3-5-7-20/h3-7,17,23-26,30,37,43H,8-16,18-19H2,1-2H3,(H,35,39)(H,41,42)/t23-,24+,25+,26+,30+,32+,33+,34+/m1/s1. The second-order valence-corrected chi connectivity index (χ2v) is 13.7. The summed E-state index contributed by atoms with van der Waals surface area (Å²) in [6.45, 7) is 3.35. The lowest BCUT2D eigenvalue weighted by Crippen LogP contribution is -2.62. The molecule has 1 amide bonds. The summed E-state index contributed by atoms with van der Waals surface area (Å²) in [6, 6.07) is 7.70. The van der Waals surface area contributed by atoms with Crippen molar-refractivity contribution >= 4 is 29.4 Å². The fraction of sp³-hybridized carbons (Fsp3) is 0.618. The van der Waals surface area contributed by atoms with Crippen LogP contribution in [0.5, 0.6) is 0 Å². The smallest absolute Gasteiger partial charge is 0.326 e. The fourth-order valence-corrected chi connectivity index (χ4v) is 9.02. The van der Waals surface area contributed by atoms with Crippen LogP contribution in [0.15, 0.2) is 42.0 Å². The number of esters is 1. The first kappa shape index (κ1) is 32.0. The minimum absolute atomic E-state index is 0.00156. The highest BCUT2D eigenvalue weighted by molar-refractivity contribution is 5.92. The van der Waals surface area contributed by atoms with Crippen LogP contribution >= 0.6 is 0 Å². The molecule has 44 heavy (non-hydrogen) atoms. The number of hydrogen-bond acceptors (Lipinski definition) is 8. The third-order valence-electron chi connectivity index (χ3n) is 11.3. The third kappa shape index (κ3) is 5.74. The van der Waals surface area contributed by atoms with E-state index in [4.69, 9.17) is 4.74 Å². The number of carbonyl (C=O) groups excluding carboxylic acids is 4. The second kappa shape index (κ2) is 12.2. The summed E-state index contributed by atoms with van der Waals surface area (Å²) in [5, 5.41) is 35.3. The quantitative estimate of drug-likeness (QED) is 0.292. The number of rotatable bonds is 10. The molecule has 0 radical (unpaired) electrons. The number of aliphatic carboxylic acids is 1. The van der Waals surface area contributed by atoms with Crippen molar-refractivity contribution in [3.05, 3.63) is 47.5 Å². The summed E-state index contributed by atoms with van der Waals surface area (Å²) in [5.41, 5.74) is -1.10. The molecule has 0 aromatic heterocycles. The first-order valence-electron chi connectivity index (χ1n) is 15.7. The van der Waals surface area contributed by atoms with E-state index < -0.39 is 53.4 Å². The van der Waals surface area contributed by atoms with Crippen LogP contribution in [0.3, 0.4) is 0 Å². The molecular formula is C34H43NO9. The zero-order chi connectivity index (χ0) is 31.9. The molecule has 10 nitrogen and oxygen atoms in total. The fourth-order valence-electron chi connectivity index (χ4n) is 9.02. The van der Waals surface area contributed by atoms with E-state index in [9.17, 15) is 39.3 Å². The van der Waals surface area contributed by atoms with Gasteiger partial charge in [-0.1, -0.05) is 49.8 Å². The van der Waals surface area contributed by atoms with Gasteiger partial charge in [0.2, 0.25) is 11.7 Å². The molecule has 4 N–H and O–H groups in total. The predicted octanol–water partition coefficient (Wildman–Crippen LogP) is 2.92. The van der Waals surface area contributed by atoms with Gasteiger partial charge in [-0.3, -0.25) is 19.2 Å². The van der Waals surface area contributed by atoms with Crippen molar-refractivity contribution in [1.82, 2.24) is 5.32 Å². The Labute approximate surface area is 257 Å². The first-order chi connectivity index (χ1) is 20.8. The molecule has 1 aromatic carbocycles. The maximum atomic E-state index is 13.5. The van der Waals surface area contributed by atoms with Gasteiger partial charge < -0.3 is 25.4 Å². The Balaban J connectivity index is 1.16. The number of aliphatic hydroxyl groups excluding tert-OH is 1. The van der Waals surface area contributed by atoms with Crippen molar-refractivity contribution in [1.29, 1.82) is 0 Å². The molecule has 238 valence electrons. The number of nitrogens with one attached hydrogen (secondary N) is 1. The normalized spacial score (nSPS) is 34.9. The van der Waals surface area contributed by atoms with Gasteiger partial charge in [0, 0.05) is 24.7 Å². The average molecular weight is 610 g/mol. The van der Waals surface area contributed by atoms with Gasteiger partial charge in [-0.05, 0) is 73.3 Å². The zero-order valence-electron chi connectivity index (χ0n) is 25.4. The Morgan fingerprint density at radius 1 is 1.05 bits per heavy atom. The molecule has 3 saturated carbocycles. The lowest BCUT2D eigenvalue weighted by atomic mass is 9.45. The molecule has 0 heterocycles. The molecule has 0 saturated heterocycles. The number of hydrogen-bond donors (Lipinski definition) is 4. The van der Waals surface area contributed by atoms with Crippen LogP contribution in [0.1, 0.15) is 77.2 Å². The van der Waals surface area contributed by atoms with Crippen LogP contribution in [0.25, 0.3) is 0 Å². The molecule has 1 aromatic rings. The summed E-state index contributed by atoms with van der Waals surface area (Å²) < 4.78 is 5.19. The zero-order valence-corrected chi connectivity index (χ0v) is 25.4. The lowest BCUT2D eigenvalue weighted by Gasteiger charge is -2.60. The van der Waals surface area contributed by atoms with Crippen molar-refractivity contribution in [2.45, 2.75) is 95.8 Å². The van der Waals surface area contributed by atoms with Crippen molar-refractivity contribution < 1.29 is 44.0 Å². The van der Waals surface area contributed by atoms with E-state index in [2.05, 4.69) is 12.2 Å². The second-order valence-electron chi connectivity index (χ2n) is 13.7. The SMILES string of the molecule is C[C@]12CCC(=O)C=C1CC[C@H]1[C@H]2[C@@H](O)C[C@@]2(C)[C@H]1CC[C@]2(O)C(=O)COC(=O)CCC(=O)N[C@@H](Cc1ccccc1)C(=O)O. The number of ether oxygens (including phenoxy) is 1. The van der Waals surface area contributed by atoms with E-state index in [0.29, 0.717) is 19.3 Å².